The van der Waals surface area contributed by atoms with E-state index in [1.54, 1.807) is 12.1 Å². The summed E-state index contributed by atoms with van der Waals surface area (Å²) in [6.45, 7) is 0.208. The summed E-state index contributed by atoms with van der Waals surface area (Å²) in [7, 11) is 0. The van der Waals surface area contributed by atoms with Crippen LogP contribution in [0.4, 0.5) is 11.6 Å². The number of hydrogen-bond acceptors (Lipinski definition) is 10. The SMILES string of the molecule is Nc1nc2ncc(CNc3ccc(C(=O)N(N)[C@@H](CCC(=O)O)C(=O)O)cc3)nc2c(=O)[nH]1. The zero-order valence-corrected chi connectivity index (χ0v) is 17.1. The molecule has 0 aliphatic heterocycles. The van der Waals surface area contributed by atoms with Gasteiger partial charge in [0.2, 0.25) is 5.95 Å². The van der Waals surface area contributed by atoms with Crippen molar-refractivity contribution in [1.29, 1.82) is 0 Å². The third-order valence-electron chi connectivity index (χ3n) is 4.58. The largest absolute Gasteiger partial charge is 0.481 e. The van der Waals surface area contributed by atoms with Crippen LogP contribution in [-0.4, -0.2) is 59.0 Å². The average Bonchev–Trinajstić information content (AvgIpc) is 2.77. The highest BCUT2D eigenvalue weighted by Crippen LogP contribution is 2.14. The van der Waals surface area contributed by atoms with Crippen molar-refractivity contribution < 1.29 is 24.6 Å². The van der Waals surface area contributed by atoms with Crippen molar-refractivity contribution in [2.45, 2.75) is 25.4 Å². The fourth-order valence-electron chi connectivity index (χ4n) is 2.91. The number of hydrazine groups is 1. The van der Waals surface area contributed by atoms with Gasteiger partial charge in [0.1, 0.15) is 6.04 Å². The minimum absolute atomic E-state index is 0.0448. The van der Waals surface area contributed by atoms with Crippen molar-refractivity contribution in [3.05, 3.63) is 52.1 Å². The molecule has 1 amide bonds. The molecule has 0 radical (unpaired) electrons. The van der Waals surface area contributed by atoms with Gasteiger partial charge in [0, 0.05) is 17.7 Å². The Labute approximate surface area is 185 Å². The van der Waals surface area contributed by atoms with E-state index in [4.69, 9.17) is 16.7 Å². The van der Waals surface area contributed by atoms with Gasteiger partial charge in [-0.05, 0) is 30.7 Å². The Morgan fingerprint density at radius 1 is 1.15 bits per heavy atom. The first-order valence-electron chi connectivity index (χ1n) is 9.54. The Hall–Kier alpha value is -4.59. The van der Waals surface area contributed by atoms with E-state index in [1.807, 2.05) is 0 Å². The fourth-order valence-corrected chi connectivity index (χ4v) is 2.91. The van der Waals surface area contributed by atoms with Crippen molar-refractivity contribution in [3.63, 3.8) is 0 Å². The van der Waals surface area contributed by atoms with Gasteiger partial charge in [0.05, 0.1) is 18.4 Å². The molecule has 14 heteroatoms. The zero-order valence-electron chi connectivity index (χ0n) is 17.1. The molecule has 0 aliphatic carbocycles. The molecule has 14 nitrogen and oxygen atoms in total. The standard InChI is InChI=1S/C19H20N8O6/c20-19-25-15-14(16(30)26-19)24-11(8-23-15)7-22-10-3-1-9(2-4-10)17(31)27(21)12(18(32)33)5-6-13(28)29/h1-4,8,12,22H,5-7,21H2,(H,28,29)(H,32,33)(H3,20,23,25,26,30)/t12-/m0/s1. The van der Waals surface area contributed by atoms with Crippen LogP contribution in [0.1, 0.15) is 28.9 Å². The molecule has 0 aliphatic rings. The summed E-state index contributed by atoms with van der Waals surface area (Å²) in [5.74, 6) is 2.23. The quantitative estimate of drug-likeness (QED) is 0.136. The van der Waals surface area contributed by atoms with Gasteiger partial charge >= 0.3 is 11.9 Å². The molecular formula is C19H20N8O6. The number of carbonyl (C=O) groups excluding carboxylic acids is 1. The molecule has 0 bridgehead atoms. The van der Waals surface area contributed by atoms with Crippen LogP contribution in [0.25, 0.3) is 11.2 Å². The molecule has 33 heavy (non-hydrogen) atoms. The molecule has 3 aromatic rings. The number of nitrogens with zero attached hydrogens (tertiary/aromatic N) is 4. The number of aliphatic carboxylic acids is 2. The number of nitrogens with two attached hydrogens (primary N) is 2. The molecule has 2 heterocycles. The molecule has 172 valence electrons. The van der Waals surface area contributed by atoms with Crippen molar-refractivity contribution in [1.82, 2.24) is 24.9 Å². The summed E-state index contributed by atoms with van der Waals surface area (Å²) in [5, 5.41) is 21.6. The third kappa shape index (κ3) is 5.56. The Bertz CT molecular complexity index is 1260. The van der Waals surface area contributed by atoms with Gasteiger partial charge in [-0.3, -0.25) is 24.4 Å². The van der Waals surface area contributed by atoms with E-state index in [-0.39, 0.29) is 35.6 Å². The lowest BCUT2D eigenvalue weighted by molar-refractivity contribution is -0.143. The van der Waals surface area contributed by atoms with Gasteiger partial charge in [-0.25, -0.2) is 20.6 Å². The number of amides is 1. The maximum atomic E-state index is 12.5. The predicted octanol–water partition coefficient (Wildman–Crippen LogP) is -0.459. The van der Waals surface area contributed by atoms with Gasteiger partial charge in [-0.15, -0.1) is 0 Å². The second-order valence-corrected chi connectivity index (χ2v) is 6.91. The van der Waals surface area contributed by atoms with Crippen LogP contribution >= 0.6 is 0 Å². The number of aromatic amines is 1. The lowest BCUT2D eigenvalue weighted by Gasteiger charge is -2.23. The Kier molecular flexibility index (Phi) is 6.78. The highest BCUT2D eigenvalue weighted by molar-refractivity contribution is 5.96. The van der Waals surface area contributed by atoms with E-state index in [0.29, 0.717) is 16.4 Å². The Morgan fingerprint density at radius 3 is 2.48 bits per heavy atom. The number of benzene rings is 1. The molecule has 0 fully saturated rings. The number of fused-ring (bicyclic) bond motifs is 1. The van der Waals surface area contributed by atoms with Crippen LogP contribution in [-0.2, 0) is 16.1 Å². The zero-order chi connectivity index (χ0) is 24.1. The van der Waals surface area contributed by atoms with E-state index < -0.39 is 35.9 Å². The Balaban J connectivity index is 1.66. The van der Waals surface area contributed by atoms with Crippen LogP contribution in [0.5, 0.6) is 0 Å². The molecule has 1 aromatic carbocycles. The smallest absolute Gasteiger partial charge is 0.328 e. The summed E-state index contributed by atoms with van der Waals surface area (Å²) >= 11 is 0. The van der Waals surface area contributed by atoms with Crippen LogP contribution in [0.15, 0.2) is 35.3 Å². The first kappa shape index (κ1) is 23.1. The third-order valence-corrected chi connectivity index (χ3v) is 4.58. The highest BCUT2D eigenvalue weighted by atomic mass is 16.4. The fraction of sp³-hybridized carbons (Fsp3) is 0.211. The first-order chi connectivity index (χ1) is 15.7. The lowest BCUT2D eigenvalue weighted by atomic mass is 10.1. The number of H-pyrrole nitrogens is 1. The summed E-state index contributed by atoms with van der Waals surface area (Å²) in [5.41, 5.74) is 6.30. The van der Waals surface area contributed by atoms with Gasteiger partial charge in [-0.2, -0.15) is 4.98 Å². The molecule has 0 spiro atoms. The second kappa shape index (κ2) is 9.69. The molecule has 8 N–H and O–H groups in total. The molecule has 0 saturated heterocycles. The van der Waals surface area contributed by atoms with Crippen molar-refractivity contribution in [2.24, 2.45) is 5.84 Å². The number of anilines is 2. The van der Waals surface area contributed by atoms with Gasteiger partial charge < -0.3 is 21.3 Å². The summed E-state index contributed by atoms with van der Waals surface area (Å²) in [4.78, 5) is 61.0. The topological polar surface area (TPSA) is 231 Å². The maximum Gasteiger partial charge on any atom is 0.328 e. The number of nitrogen functional groups attached to an aromatic ring is 1. The normalized spacial score (nSPS) is 11.7. The second-order valence-electron chi connectivity index (χ2n) is 6.91. The van der Waals surface area contributed by atoms with Gasteiger partial charge in [0.15, 0.2) is 11.2 Å². The number of hydrogen-bond donors (Lipinski definition) is 6. The number of nitrogens with one attached hydrogen (secondary N) is 2. The van der Waals surface area contributed by atoms with E-state index in [9.17, 15) is 24.3 Å². The van der Waals surface area contributed by atoms with Crippen LogP contribution in [0.2, 0.25) is 0 Å². The summed E-state index contributed by atoms with van der Waals surface area (Å²) < 4.78 is 0. The number of carboxylic acids is 2. The van der Waals surface area contributed by atoms with E-state index in [0.717, 1.165) is 0 Å². The molecule has 0 saturated carbocycles. The molecule has 0 unspecified atom stereocenters. The minimum Gasteiger partial charge on any atom is -0.481 e. The average molecular weight is 456 g/mol. The van der Waals surface area contributed by atoms with Gasteiger partial charge in [0.25, 0.3) is 11.5 Å². The van der Waals surface area contributed by atoms with Crippen molar-refractivity contribution in [3.8, 4) is 0 Å². The van der Waals surface area contributed by atoms with Crippen molar-refractivity contribution >= 4 is 40.6 Å². The number of carboxylic acid groups (broad SMARTS) is 2. The first-order valence-corrected chi connectivity index (χ1v) is 9.54. The van der Waals surface area contributed by atoms with Crippen LogP contribution < -0.4 is 22.5 Å². The lowest BCUT2D eigenvalue weighted by Crippen LogP contribution is -2.49. The molecule has 3 rings (SSSR count). The van der Waals surface area contributed by atoms with Crippen LogP contribution in [0.3, 0.4) is 0 Å². The van der Waals surface area contributed by atoms with E-state index in [1.165, 1.54) is 18.3 Å². The minimum atomic E-state index is -1.48. The summed E-state index contributed by atoms with van der Waals surface area (Å²) in [6.07, 6.45) is 0.659. The van der Waals surface area contributed by atoms with Crippen LogP contribution in [0, 0.1) is 0 Å². The van der Waals surface area contributed by atoms with Crippen molar-refractivity contribution in [2.75, 3.05) is 11.1 Å². The number of rotatable bonds is 9. The molecule has 2 aromatic heterocycles. The molecule has 1 atom stereocenters. The summed E-state index contributed by atoms with van der Waals surface area (Å²) in [6, 6.07) is 4.52. The monoisotopic (exact) mass is 456 g/mol. The maximum absolute atomic E-state index is 12.5. The number of carbonyl (C=O) groups is 3. The highest BCUT2D eigenvalue weighted by Gasteiger charge is 2.28. The molecular weight excluding hydrogens is 436 g/mol. The number of aromatic nitrogens is 4. The Morgan fingerprint density at radius 2 is 1.85 bits per heavy atom. The van der Waals surface area contributed by atoms with Gasteiger partial charge in [-0.1, -0.05) is 0 Å². The predicted molar refractivity (Wildman–Crippen MR) is 115 cm³/mol. The van der Waals surface area contributed by atoms with E-state index in [2.05, 4.69) is 25.3 Å². The van der Waals surface area contributed by atoms with E-state index >= 15 is 0 Å².